The standard InChI is InChI=1S/C14H16N2OS/c1-10(14(15)17)16-13(12-8-5-9-18-12)11-6-3-2-4-7-11/h2-10,13,16H,1H3,(H2,15,17)/p+1/t10-,13-/m1/s1. The number of rotatable bonds is 5. The van der Waals surface area contributed by atoms with Crippen LogP contribution in [0.15, 0.2) is 47.8 Å². The fraction of sp³-hybridized carbons (Fsp3) is 0.214. The van der Waals surface area contributed by atoms with E-state index in [0.29, 0.717) is 0 Å². The zero-order chi connectivity index (χ0) is 13.0. The minimum absolute atomic E-state index is 0.133. The molecule has 94 valence electrons. The Bertz CT molecular complexity index is 496. The molecule has 0 fully saturated rings. The molecule has 1 amide bonds. The summed E-state index contributed by atoms with van der Waals surface area (Å²) in [5, 5.41) is 4.07. The number of quaternary nitrogens is 1. The maximum absolute atomic E-state index is 11.2. The lowest BCUT2D eigenvalue weighted by atomic mass is 10.0. The average molecular weight is 261 g/mol. The van der Waals surface area contributed by atoms with Gasteiger partial charge in [-0.2, -0.15) is 0 Å². The van der Waals surface area contributed by atoms with Crippen molar-refractivity contribution < 1.29 is 10.1 Å². The van der Waals surface area contributed by atoms with Crippen molar-refractivity contribution >= 4 is 17.2 Å². The maximum atomic E-state index is 11.2. The number of hydrogen-bond donors (Lipinski definition) is 2. The lowest BCUT2D eigenvalue weighted by Gasteiger charge is -2.17. The molecule has 0 saturated heterocycles. The molecule has 0 unspecified atom stereocenters. The van der Waals surface area contributed by atoms with E-state index in [9.17, 15) is 4.79 Å². The highest BCUT2D eigenvalue weighted by molar-refractivity contribution is 7.10. The van der Waals surface area contributed by atoms with Crippen LogP contribution in [-0.2, 0) is 4.79 Å². The Kier molecular flexibility index (Phi) is 4.12. The summed E-state index contributed by atoms with van der Waals surface area (Å²) in [6, 6.07) is 14.2. The number of amides is 1. The van der Waals surface area contributed by atoms with Gasteiger partial charge in [0.25, 0.3) is 5.91 Å². The molecule has 3 nitrogen and oxygen atoms in total. The molecule has 2 aromatic rings. The molecule has 0 aliphatic rings. The lowest BCUT2D eigenvalue weighted by Crippen LogP contribution is -2.92. The highest BCUT2D eigenvalue weighted by Crippen LogP contribution is 2.22. The van der Waals surface area contributed by atoms with Crippen LogP contribution in [0, 0.1) is 0 Å². The summed E-state index contributed by atoms with van der Waals surface area (Å²) in [7, 11) is 0. The number of carbonyl (C=O) groups excluding carboxylic acids is 1. The van der Waals surface area contributed by atoms with E-state index in [2.05, 4.69) is 18.2 Å². The number of nitrogens with two attached hydrogens (primary N) is 2. The van der Waals surface area contributed by atoms with Crippen LogP contribution in [0.2, 0.25) is 0 Å². The molecular formula is C14H17N2OS+. The van der Waals surface area contributed by atoms with Gasteiger partial charge in [0.05, 0.1) is 4.88 Å². The van der Waals surface area contributed by atoms with Crippen molar-refractivity contribution in [2.45, 2.75) is 19.0 Å². The summed E-state index contributed by atoms with van der Waals surface area (Å²) in [6.45, 7) is 1.84. The quantitative estimate of drug-likeness (QED) is 0.836. The number of hydrogen-bond acceptors (Lipinski definition) is 2. The molecule has 2 rings (SSSR count). The molecule has 0 radical (unpaired) electrons. The summed E-state index contributed by atoms with van der Waals surface area (Å²) in [5.74, 6) is -0.285. The summed E-state index contributed by atoms with van der Waals surface area (Å²) < 4.78 is 0. The van der Waals surface area contributed by atoms with Gasteiger partial charge in [-0.1, -0.05) is 36.4 Å². The first kappa shape index (κ1) is 12.8. The molecular weight excluding hydrogens is 244 g/mol. The monoisotopic (exact) mass is 261 g/mol. The molecule has 2 atom stereocenters. The van der Waals surface area contributed by atoms with E-state index in [0.717, 1.165) is 0 Å². The second-order valence-electron chi connectivity index (χ2n) is 4.29. The van der Waals surface area contributed by atoms with Crippen molar-refractivity contribution in [2.75, 3.05) is 0 Å². The first-order chi connectivity index (χ1) is 8.68. The van der Waals surface area contributed by atoms with E-state index in [1.807, 2.05) is 41.9 Å². The second kappa shape index (κ2) is 5.80. The first-order valence-electron chi connectivity index (χ1n) is 5.91. The Balaban J connectivity index is 2.27. The van der Waals surface area contributed by atoms with E-state index in [1.165, 1.54) is 10.4 Å². The van der Waals surface area contributed by atoms with Crippen molar-refractivity contribution in [1.29, 1.82) is 0 Å². The second-order valence-corrected chi connectivity index (χ2v) is 5.27. The molecule has 1 heterocycles. The fourth-order valence-electron chi connectivity index (χ4n) is 1.88. The third-order valence-corrected chi connectivity index (χ3v) is 3.89. The Morgan fingerprint density at radius 1 is 1.22 bits per heavy atom. The average Bonchev–Trinajstić information content (AvgIpc) is 2.90. The fourth-order valence-corrected chi connectivity index (χ4v) is 2.72. The minimum Gasteiger partial charge on any atom is -0.365 e. The van der Waals surface area contributed by atoms with E-state index in [4.69, 9.17) is 5.73 Å². The Hall–Kier alpha value is -1.65. The number of benzene rings is 1. The van der Waals surface area contributed by atoms with Gasteiger partial charge >= 0.3 is 0 Å². The Labute approximate surface area is 111 Å². The van der Waals surface area contributed by atoms with E-state index < -0.39 is 0 Å². The van der Waals surface area contributed by atoms with Crippen LogP contribution in [0.5, 0.6) is 0 Å². The van der Waals surface area contributed by atoms with Gasteiger partial charge in [0, 0.05) is 5.56 Å². The van der Waals surface area contributed by atoms with Crippen LogP contribution in [0.3, 0.4) is 0 Å². The Morgan fingerprint density at radius 2 is 1.94 bits per heavy atom. The van der Waals surface area contributed by atoms with Crippen LogP contribution in [-0.4, -0.2) is 11.9 Å². The van der Waals surface area contributed by atoms with Gasteiger partial charge in [-0.3, -0.25) is 4.79 Å². The number of carbonyl (C=O) groups is 1. The SMILES string of the molecule is C[C@@H]([NH2+][C@H](c1ccccc1)c1cccs1)C(N)=O. The van der Waals surface area contributed by atoms with Crippen molar-refractivity contribution in [2.24, 2.45) is 5.73 Å². The smallest absolute Gasteiger partial charge is 0.275 e. The maximum Gasteiger partial charge on any atom is 0.275 e. The lowest BCUT2D eigenvalue weighted by molar-refractivity contribution is -0.704. The summed E-state index contributed by atoms with van der Waals surface area (Å²) >= 11 is 1.70. The van der Waals surface area contributed by atoms with Crippen LogP contribution < -0.4 is 11.1 Å². The van der Waals surface area contributed by atoms with Gasteiger partial charge in [-0.15, -0.1) is 11.3 Å². The van der Waals surface area contributed by atoms with Crippen molar-refractivity contribution in [3.05, 3.63) is 58.3 Å². The van der Waals surface area contributed by atoms with E-state index in [-0.39, 0.29) is 18.0 Å². The predicted octanol–water partition coefficient (Wildman–Crippen LogP) is 1.27. The van der Waals surface area contributed by atoms with Crippen LogP contribution in [0.1, 0.15) is 23.4 Å². The molecule has 4 heteroatoms. The van der Waals surface area contributed by atoms with Gasteiger partial charge in [-0.05, 0) is 18.4 Å². The largest absolute Gasteiger partial charge is 0.365 e. The van der Waals surface area contributed by atoms with Gasteiger partial charge < -0.3 is 11.1 Å². The zero-order valence-corrected chi connectivity index (χ0v) is 11.1. The number of primary amides is 1. The summed E-state index contributed by atoms with van der Waals surface area (Å²) in [5.41, 5.74) is 6.54. The van der Waals surface area contributed by atoms with Crippen molar-refractivity contribution in [3.63, 3.8) is 0 Å². The highest BCUT2D eigenvalue weighted by atomic mass is 32.1. The number of thiophene rings is 1. The molecule has 1 aromatic heterocycles. The third-order valence-electron chi connectivity index (χ3n) is 2.94. The van der Waals surface area contributed by atoms with Crippen LogP contribution in [0.25, 0.3) is 0 Å². The summed E-state index contributed by atoms with van der Waals surface area (Å²) in [6.07, 6.45) is 0. The van der Waals surface area contributed by atoms with Crippen molar-refractivity contribution in [3.8, 4) is 0 Å². The minimum atomic E-state index is -0.285. The van der Waals surface area contributed by atoms with Crippen LogP contribution in [0.4, 0.5) is 0 Å². The van der Waals surface area contributed by atoms with Gasteiger partial charge in [0.15, 0.2) is 6.04 Å². The molecule has 0 saturated carbocycles. The molecule has 0 bridgehead atoms. The molecule has 1 aromatic carbocycles. The Morgan fingerprint density at radius 3 is 2.50 bits per heavy atom. The van der Waals surface area contributed by atoms with Gasteiger partial charge in [-0.25, -0.2) is 0 Å². The predicted molar refractivity (Wildman–Crippen MR) is 73.2 cm³/mol. The molecule has 4 N–H and O–H groups in total. The van der Waals surface area contributed by atoms with Crippen LogP contribution >= 0.6 is 11.3 Å². The molecule has 0 aliphatic heterocycles. The van der Waals surface area contributed by atoms with E-state index in [1.54, 1.807) is 11.3 Å². The summed E-state index contributed by atoms with van der Waals surface area (Å²) in [4.78, 5) is 12.5. The van der Waals surface area contributed by atoms with E-state index >= 15 is 0 Å². The topological polar surface area (TPSA) is 59.7 Å². The molecule has 0 spiro atoms. The highest BCUT2D eigenvalue weighted by Gasteiger charge is 2.23. The molecule has 18 heavy (non-hydrogen) atoms. The third kappa shape index (κ3) is 2.97. The van der Waals surface area contributed by atoms with Crippen molar-refractivity contribution in [1.82, 2.24) is 0 Å². The zero-order valence-electron chi connectivity index (χ0n) is 10.2. The molecule has 0 aliphatic carbocycles. The normalized spacial score (nSPS) is 14.1. The van der Waals surface area contributed by atoms with Gasteiger partial charge in [0.1, 0.15) is 6.04 Å². The van der Waals surface area contributed by atoms with Gasteiger partial charge in [0.2, 0.25) is 0 Å². The first-order valence-corrected chi connectivity index (χ1v) is 6.79.